The van der Waals surface area contributed by atoms with Gasteiger partial charge in [0.15, 0.2) is 0 Å². The van der Waals surface area contributed by atoms with Crippen molar-refractivity contribution in [1.29, 1.82) is 0 Å². The number of nitrogens with zero attached hydrogens (tertiary/aromatic N) is 3. The Bertz CT molecular complexity index is 1200. The number of benzene rings is 2. The van der Waals surface area contributed by atoms with Crippen LogP contribution >= 0.6 is 11.3 Å². The van der Waals surface area contributed by atoms with Crippen molar-refractivity contribution in [2.24, 2.45) is 5.10 Å². The summed E-state index contributed by atoms with van der Waals surface area (Å²) >= 11 is 1.48. The second-order valence-corrected chi connectivity index (χ2v) is 8.65. The van der Waals surface area contributed by atoms with Crippen molar-refractivity contribution in [2.45, 2.75) is 12.5 Å². The van der Waals surface area contributed by atoms with Crippen molar-refractivity contribution in [3.63, 3.8) is 0 Å². The minimum absolute atomic E-state index is 0.0785. The Kier molecular flexibility index (Phi) is 7.44. The molecule has 34 heavy (non-hydrogen) atoms. The lowest BCUT2D eigenvalue weighted by atomic mass is 10.0. The normalized spacial score (nSPS) is 15.3. The van der Waals surface area contributed by atoms with Crippen molar-refractivity contribution < 1.29 is 23.1 Å². The molecule has 6 nitrogen and oxygen atoms in total. The highest BCUT2D eigenvalue weighted by atomic mass is 32.1. The molecule has 3 aromatic rings. The fraction of sp³-hybridized carbons (Fsp3) is 0.240. The first-order valence-corrected chi connectivity index (χ1v) is 11.6. The summed E-state index contributed by atoms with van der Waals surface area (Å²) in [7, 11) is 1.47. The Morgan fingerprint density at radius 2 is 1.82 bits per heavy atom. The summed E-state index contributed by atoms with van der Waals surface area (Å²) < 4.78 is 34.0. The fourth-order valence-electron chi connectivity index (χ4n) is 3.81. The predicted molar refractivity (Wildman–Crippen MR) is 126 cm³/mol. The molecule has 0 radical (unpaired) electrons. The van der Waals surface area contributed by atoms with Gasteiger partial charge >= 0.3 is 0 Å². The summed E-state index contributed by atoms with van der Waals surface area (Å²) in [4.78, 5) is 28.6. The van der Waals surface area contributed by atoms with Gasteiger partial charge in [-0.25, -0.2) is 13.8 Å². The number of hydrazone groups is 1. The van der Waals surface area contributed by atoms with Crippen LogP contribution in [0.5, 0.6) is 0 Å². The molecular weight excluding hydrogens is 460 g/mol. The molecule has 0 spiro atoms. The first-order valence-electron chi connectivity index (χ1n) is 10.7. The second-order valence-electron chi connectivity index (χ2n) is 7.70. The van der Waals surface area contributed by atoms with Gasteiger partial charge in [-0.2, -0.15) is 5.10 Å². The lowest BCUT2D eigenvalue weighted by molar-refractivity contribution is -0.133. The van der Waals surface area contributed by atoms with Gasteiger partial charge in [0.05, 0.1) is 28.8 Å². The molecular formula is C25H23F2N3O3S. The number of ether oxygens (including phenoxy) is 1. The molecule has 0 N–H and O–H groups in total. The number of rotatable bonds is 8. The van der Waals surface area contributed by atoms with E-state index in [0.29, 0.717) is 17.7 Å². The Hall–Kier alpha value is -3.43. The van der Waals surface area contributed by atoms with Gasteiger partial charge in [-0.3, -0.25) is 9.59 Å². The molecule has 4 rings (SSSR count). The van der Waals surface area contributed by atoms with Crippen molar-refractivity contribution in [3.8, 4) is 0 Å². The van der Waals surface area contributed by atoms with E-state index in [1.807, 2.05) is 17.5 Å². The quantitative estimate of drug-likeness (QED) is 0.474. The molecule has 1 aromatic heterocycles. The Labute approximate surface area is 200 Å². The molecule has 1 aliphatic rings. The van der Waals surface area contributed by atoms with E-state index in [4.69, 9.17) is 4.74 Å². The van der Waals surface area contributed by atoms with Gasteiger partial charge in [0, 0.05) is 25.6 Å². The zero-order valence-corrected chi connectivity index (χ0v) is 19.3. The van der Waals surface area contributed by atoms with E-state index in [-0.39, 0.29) is 25.3 Å². The third kappa shape index (κ3) is 5.05. The van der Waals surface area contributed by atoms with E-state index in [0.717, 1.165) is 4.88 Å². The Morgan fingerprint density at radius 3 is 2.50 bits per heavy atom. The zero-order valence-electron chi connectivity index (χ0n) is 18.5. The monoisotopic (exact) mass is 483 g/mol. The molecule has 0 fully saturated rings. The predicted octanol–water partition coefficient (Wildman–Crippen LogP) is 4.49. The minimum atomic E-state index is -0.675. The molecule has 0 aliphatic carbocycles. The topological polar surface area (TPSA) is 62.2 Å². The third-order valence-corrected chi connectivity index (χ3v) is 6.44. The van der Waals surface area contributed by atoms with Gasteiger partial charge in [-0.15, -0.1) is 11.3 Å². The average Bonchev–Trinajstić information content (AvgIpc) is 3.52. The highest BCUT2D eigenvalue weighted by molar-refractivity contribution is 7.12. The number of hydrogen-bond donors (Lipinski definition) is 0. The van der Waals surface area contributed by atoms with Crippen LogP contribution in [0.4, 0.5) is 8.78 Å². The summed E-state index contributed by atoms with van der Waals surface area (Å²) in [6.07, 6.45) is 0.340. The van der Waals surface area contributed by atoms with Crippen LogP contribution in [-0.4, -0.2) is 54.2 Å². The zero-order chi connectivity index (χ0) is 24.1. The van der Waals surface area contributed by atoms with Crippen LogP contribution in [-0.2, 0) is 9.53 Å². The number of thiophene rings is 1. The Morgan fingerprint density at radius 1 is 1.09 bits per heavy atom. The van der Waals surface area contributed by atoms with E-state index < -0.39 is 29.5 Å². The molecule has 0 bridgehead atoms. The van der Waals surface area contributed by atoms with Crippen LogP contribution < -0.4 is 0 Å². The van der Waals surface area contributed by atoms with Gasteiger partial charge in [0.1, 0.15) is 18.2 Å². The summed E-state index contributed by atoms with van der Waals surface area (Å²) in [6.45, 7) is -0.119. The van der Waals surface area contributed by atoms with E-state index in [2.05, 4.69) is 5.10 Å². The molecule has 1 atom stereocenters. The number of amides is 2. The van der Waals surface area contributed by atoms with E-state index in [1.54, 1.807) is 24.3 Å². The minimum Gasteiger partial charge on any atom is -0.383 e. The highest BCUT2D eigenvalue weighted by Gasteiger charge is 2.36. The van der Waals surface area contributed by atoms with Crippen LogP contribution in [0.2, 0.25) is 0 Å². The van der Waals surface area contributed by atoms with Gasteiger partial charge in [0.25, 0.3) is 11.8 Å². The largest absolute Gasteiger partial charge is 0.383 e. The van der Waals surface area contributed by atoms with E-state index >= 15 is 0 Å². The second kappa shape index (κ2) is 10.7. The Balaban J connectivity index is 1.63. The molecule has 2 heterocycles. The first kappa shape index (κ1) is 23.7. The molecule has 0 saturated heterocycles. The fourth-order valence-corrected chi connectivity index (χ4v) is 4.54. The number of carbonyl (C=O) groups is 2. The summed E-state index contributed by atoms with van der Waals surface area (Å²) in [5.41, 5.74) is 0.872. The molecule has 0 unspecified atom stereocenters. The molecule has 9 heteroatoms. The van der Waals surface area contributed by atoms with Crippen LogP contribution in [0, 0.1) is 11.6 Å². The summed E-state index contributed by atoms with van der Waals surface area (Å²) in [6, 6.07) is 15.0. The van der Waals surface area contributed by atoms with Gasteiger partial charge in [-0.1, -0.05) is 36.4 Å². The number of methoxy groups -OCH3 is 1. The van der Waals surface area contributed by atoms with Gasteiger partial charge in [-0.05, 0) is 29.6 Å². The smallest absolute Gasteiger partial charge is 0.262 e. The highest BCUT2D eigenvalue weighted by Crippen LogP contribution is 2.35. The third-order valence-electron chi connectivity index (χ3n) is 5.52. The molecule has 2 amide bonds. The van der Waals surface area contributed by atoms with Crippen LogP contribution in [0.3, 0.4) is 0 Å². The molecule has 2 aromatic carbocycles. The lowest BCUT2D eigenvalue weighted by Gasteiger charge is -2.27. The van der Waals surface area contributed by atoms with Crippen molar-refractivity contribution in [2.75, 3.05) is 26.8 Å². The van der Waals surface area contributed by atoms with Gasteiger partial charge < -0.3 is 9.64 Å². The summed E-state index contributed by atoms with van der Waals surface area (Å²) in [5, 5.41) is 7.65. The SMILES string of the molecule is COCCN(CC(=O)N1N=C(c2cccs2)C[C@H]1c1ccccc1F)C(=O)c1ccccc1F. The van der Waals surface area contributed by atoms with Crippen molar-refractivity contribution in [3.05, 3.63) is 93.7 Å². The maximum absolute atomic E-state index is 14.7. The van der Waals surface area contributed by atoms with Crippen LogP contribution in [0.15, 0.2) is 71.1 Å². The number of halogens is 2. The first-order chi connectivity index (χ1) is 16.5. The van der Waals surface area contributed by atoms with Gasteiger partial charge in [0.2, 0.25) is 0 Å². The maximum atomic E-state index is 14.7. The van der Waals surface area contributed by atoms with E-state index in [1.165, 1.54) is 52.6 Å². The van der Waals surface area contributed by atoms with Crippen molar-refractivity contribution >= 4 is 28.9 Å². The van der Waals surface area contributed by atoms with Crippen LogP contribution in [0.25, 0.3) is 0 Å². The molecule has 176 valence electrons. The van der Waals surface area contributed by atoms with E-state index in [9.17, 15) is 18.4 Å². The maximum Gasteiger partial charge on any atom is 0.262 e. The average molecular weight is 484 g/mol. The number of carbonyl (C=O) groups excluding carboxylic acids is 2. The summed E-state index contributed by atoms with van der Waals surface area (Å²) in [5.74, 6) is -2.24. The van der Waals surface area contributed by atoms with Crippen molar-refractivity contribution in [1.82, 2.24) is 9.91 Å². The van der Waals surface area contributed by atoms with Crippen LogP contribution in [0.1, 0.15) is 33.3 Å². The lowest BCUT2D eigenvalue weighted by Crippen LogP contribution is -2.43. The molecule has 1 aliphatic heterocycles. The molecule has 0 saturated carbocycles. The number of hydrogen-bond acceptors (Lipinski definition) is 5. The standard InChI is InChI=1S/C25H23F2N3O3S/c1-33-13-12-29(25(32)18-8-3-5-10-20(18)27)16-24(31)30-22(17-7-2-4-9-19(17)26)15-21(28-30)23-11-6-14-34-23/h2-11,14,22H,12-13,15-16H2,1H3/t22-/m0/s1.